The number of fused-ring (bicyclic) bond motifs is 1. The number of nitrogens with zero attached hydrogens (tertiary/aromatic N) is 2. The Balaban J connectivity index is 1.67. The van der Waals surface area contributed by atoms with Gasteiger partial charge < -0.3 is 5.32 Å². The molecule has 0 aliphatic heterocycles. The van der Waals surface area contributed by atoms with Crippen LogP contribution in [0, 0.1) is 24.5 Å². The quantitative estimate of drug-likeness (QED) is 0.469. The van der Waals surface area contributed by atoms with E-state index >= 15 is 0 Å². The lowest BCUT2D eigenvalue weighted by molar-refractivity contribution is 0.0932. The second kappa shape index (κ2) is 7.94. The minimum atomic E-state index is -0.698. The molecule has 2 aromatic heterocycles. The van der Waals surface area contributed by atoms with E-state index in [1.54, 1.807) is 36.7 Å². The SMILES string of the molecule is Cc1c(C(=O)N[C@H](c2cccc(F)c2)C2CC2)c2cccc(F)c2c(=O)n1-c1nccs1. The van der Waals surface area contributed by atoms with Crippen LogP contribution in [0.2, 0.25) is 0 Å². The van der Waals surface area contributed by atoms with Crippen LogP contribution in [0.1, 0.15) is 40.5 Å². The molecule has 0 radical (unpaired) electrons. The molecule has 2 aromatic carbocycles. The Bertz CT molecular complexity index is 1390. The smallest absolute Gasteiger partial charge is 0.268 e. The molecule has 1 saturated carbocycles. The van der Waals surface area contributed by atoms with Crippen molar-refractivity contribution in [2.24, 2.45) is 5.92 Å². The van der Waals surface area contributed by atoms with Crippen LogP contribution in [0.25, 0.3) is 15.9 Å². The lowest BCUT2D eigenvalue weighted by atomic mass is 9.99. The first kappa shape index (κ1) is 20.5. The molecule has 1 aliphatic carbocycles. The summed E-state index contributed by atoms with van der Waals surface area (Å²) in [5.74, 6) is -1.31. The molecule has 0 spiro atoms. The van der Waals surface area contributed by atoms with Crippen LogP contribution in [0.3, 0.4) is 0 Å². The molecular formula is C24H19F2N3O2S. The number of amides is 1. The molecule has 0 bridgehead atoms. The molecule has 4 aromatic rings. The van der Waals surface area contributed by atoms with Crippen LogP contribution >= 0.6 is 11.3 Å². The predicted molar refractivity (Wildman–Crippen MR) is 119 cm³/mol. The second-order valence-electron chi connectivity index (χ2n) is 7.92. The lowest BCUT2D eigenvalue weighted by Gasteiger charge is -2.21. The van der Waals surface area contributed by atoms with E-state index in [0.717, 1.165) is 12.8 Å². The zero-order valence-electron chi connectivity index (χ0n) is 17.1. The van der Waals surface area contributed by atoms with E-state index in [9.17, 15) is 18.4 Å². The highest BCUT2D eigenvalue weighted by molar-refractivity contribution is 7.12. The molecule has 8 heteroatoms. The van der Waals surface area contributed by atoms with Gasteiger partial charge in [0.15, 0.2) is 5.13 Å². The molecule has 1 aliphatic rings. The van der Waals surface area contributed by atoms with Crippen LogP contribution in [0.4, 0.5) is 8.78 Å². The van der Waals surface area contributed by atoms with Crippen LogP contribution in [0.15, 0.2) is 58.8 Å². The normalized spacial score (nSPS) is 14.5. The average molecular weight is 451 g/mol. The first-order valence-electron chi connectivity index (χ1n) is 10.3. The Hall–Kier alpha value is -3.39. The van der Waals surface area contributed by atoms with Gasteiger partial charge in [0.05, 0.1) is 17.0 Å². The summed E-state index contributed by atoms with van der Waals surface area (Å²) < 4.78 is 29.9. The van der Waals surface area contributed by atoms with Crippen molar-refractivity contribution < 1.29 is 13.6 Å². The van der Waals surface area contributed by atoms with Gasteiger partial charge in [0.2, 0.25) is 0 Å². The fourth-order valence-electron chi connectivity index (χ4n) is 4.18. The first-order valence-corrected chi connectivity index (χ1v) is 11.1. The Morgan fingerprint density at radius 1 is 1.22 bits per heavy atom. The van der Waals surface area contributed by atoms with Crippen molar-refractivity contribution >= 4 is 28.0 Å². The highest BCUT2D eigenvalue weighted by Crippen LogP contribution is 2.41. The lowest BCUT2D eigenvalue weighted by Crippen LogP contribution is -2.33. The molecule has 1 amide bonds. The van der Waals surface area contributed by atoms with Crippen LogP contribution in [-0.4, -0.2) is 15.5 Å². The van der Waals surface area contributed by atoms with Gasteiger partial charge in [-0.2, -0.15) is 0 Å². The number of hydrogen-bond acceptors (Lipinski definition) is 4. The molecule has 0 unspecified atom stereocenters. The number of hydrogen-bond donors (Lipinski definition) is 1. The number of benzene rings is 2. The van der Waals surface area contributed by atoms with Gasteiger partial charge in [0.25, 0.3) is 11.5 Å². The summed E-state index contributed by atoms with van der Waals surface area (Å²) in [6.07, 6.45) is 3.40. The zero-order valence-corrected chi connectivity index (χ0v) is 18.0. The van der Waals surface area contributed by atoms with Crippen molar-refractivity contribution in [2.45, 2.75) is 25.8 Å². The Labute approximate surface area is 186 Å². The first-order chi connectivity index (χ1) is 15.5. The van der Waals surface area contributed by atoms with Gasteiger partial charge in [0.1, 0.15) is 11.6 Å². The third-order valence-corrected chi connectivity index (χ3v) is 6.58. The van der Waals surface area contributed by atoms with Crippen LogP contribution < -0.4 is 10.9 Å². The van der Waals surface area contributed by atoms with Gasteiger partial charge in [-0.15, -0.1) is 11.3 Å². The van der Waals surface area contributed by atoms with E-state index in [1.165, 1.54) is 40.2 Å². The second-order valence-corrected chi connectivity index (χ2v) is 8.79. The third kappa shape index (κ3) is 3.50. The monoisotopic (exact) mass is 451 g/mol. The molecule has 1 N–H and O–H groups in total. The molecule has 5 nitrogen and oxygen atoms in total. The van der Waals surface area contributed by atoms with E-state index in [0.29, 0.717) is 16.4 Å². The van der Waals surface area contributed by atoms with E-state index in [-0.39, 0.29) is 34.1 Å². The van der Waals surface area contributed by atoms with Gasteiger partial charge in [-0.05, 0) is 49.4 Å². The van der Waals surface area contributed by atoms with Gasteiger partial charge in [-0.1, -0.05) is 24.3 Å². The molecule has 2 heterocycles. The average Bonchev–Trinajstić information content (AvgIpc) is 3.46. The molecule has 1 fully saturated rings. The highest BCUT2D eigenvalue weighted by Gasteiger charge is 2.35. The number of rotatable bonds is 5. The minimum absolute atomic E-state index is 0.160. The predicted octanol–water partition coefficient (Wildman–Crippen LogP) is 4.91. The number of aromatic nitrogens is 2. The van der Waals surface area contributed by atoms with Gasteiger partial charge in [-0.25, -0.2) is 13.8 Å². The summed E-state index contributed by atoms with van der Waals surface area (Å²) in [5.41, 5.74) is 0.693. The van der Waals surface area contributed by atoms with Gasteiger partial charge >= 0.3 is 0 Å². The topological polar surface area (TPSA) is 64.0 Å². The van der Waals surface area contributed by atoms with Crippen molar-refractivity contribution in [1.82, 2.24) is 14.9 Å². The summed E-state index contributed by atoms with van der Waals surface area (Å²) >= 11 is 1.22. The molecule has 162 valence electrons. The minimum Gasteiger partial charge on any atom is -0.345 e. The number of pyridine rings is 1. The van der Waals surface area contributed by atoms with E-state index in [1.807, 2.05) is 0 Å². The fourth-order valence-corrected chi connectivity index (χ4v) is 4.87. The van der Waals surface area contributed by atoms with Crippen molar-refractivity contribution in [3.63, 3.8) is 0 Å². The van der Waals surface area contributed by atoms with Gasteiger partial charge in [0, 0.05) is 22.7 Å². The summed E-state index contributed by atoms with van der Waals surface area (Å²) in [4.78, 5) is 30.9. The third-order valence-electron chi connectivity index (χ3n) is 5.82. The zero-order chi connectivity index (χ0) is 22.4. The maximum Gasteiger partial charge on any atom is 0.268 e. The number of carbonyl (C=O) groups excluding carboxylic acids is 1. The summed E-state index contributed by atoms with van der Waals surface area (Å²) in [5, 5.41) is 5.17. The summed E-state index contributed by atoms with van der Waals surface area (Å²) in [6.45, 7) is 1.65. The van der Waals surface area contributed by atoms with Crippen molar-refractivity contribution in [1.29, 1.82) is 0 Å². The Morgan fingerprint density at radius 3 is 2.69 bits per heavy atom. The Morgan fingerprint density at radius 2 is 2.00 bits per heavy atom. The molecule has 5 rings (SSSR count). The maximum atomic E-state index is 14.8. The molecule has 1 atom stereocenters. The van der Waals surface area contributed by atoms with Crippen molar-refractivity contribution in [2.75, 3.05) is 0 Å². The number of carbonyl (C=O) groups is 1. The number of thiazole rings is 1. The number of halogens is 2. The molecule has 32 heavy (non-hydrogen) atoms. The maximum absolute atomic E-state index is 14.8. The largest absolute Gasteiger partial charge is 0.345 e. The Kier molecular flexibility index (Phi) is 5.09. The number of nitrogens with one attached hydrogen (secondary N) is 1. The van der Waals surface area contributed by atoms with Crippen molar-refractivity contribution in [3.8, 4) is 5.13 Å². The van der Waals surface area contributed by atoms with Gasteiger partial charge in [-0.3, -0.25) is 14.2 Å². The highest BCUT2D eigenvalue weighted by atomic mass is 32.1. The summed E-state index contributed by atoms with van der Waals surface area (Å²) in [6, 6.07) is 10.1. The van der Waals surface area contributed by atoms with E-state index in [4.69, 9.17) is 0 Å². The fraction of sp³-hybridized carbons (Fsp3) is 0.208. The van der Waals surface area contributed by atoms with Crippen molar-refractivity contribution in [3.05, 3.63) is 92.9 Å². The van der Waals surface area contributed by atoms with Crippen LogP contribution in [-0.2, 0) is 0 Å². The standard InChI is InChI=1S/C24H19F2N3O2S/c1-13-19(22(30)28-21(14-8-9-14)15-4-2-5-16(25)12-15)17-6-3-7-18(26)20(17)23(31)29(13)24-27-10-11-32-24/h2-7,10-12,14,21H,8-9H2,1H3,(H,28,30)/t21-/m0/s1. The van der Waals surface area contributed by atoms with E-state index < -0.39 is 17.3 Å². The van der Waals surface area contributed by atoms with Crippen LogP contribution in [0.5, 0.6) is 0 Å². The molecular weight excluding hydrogens is 432 g/mol. The van der Waals surface area contributed by atoms with E-state index in [2.05, 4.69) is 10.3 Å². The summed E-state index contributed by atoms with van der Waals surface area (Å²) in [7, 11) is 0. The molecule has 0 saturated heterocycles.